The van der Waals surface area contributed by atoms with Gasteiger partial charge in [-0.05, 0) is 12.1 Å². The second-order valence-corrected chi connectivity index (χ2v) is 4.24. The minimum Gasteiger partial charge on any atom is -0.314 e. The molecule has 88 valence electrons. The minimum absolute atomic E-state index is 0.791. The first-order valence-corrected chi connectivity index (χ1v) is 5.93. The van der Waals surface area contributed by atoms with E-state index in [2.05, 4.69) is 25.4 Å². The molecular formula is C12H15N5. The van der Waals surface area contributed by atoms with Crippen molar-refractivity contribution >= 4 is 11.0 Å². The lowest BCUT2D eigenvalue weighted by molar-refractivity contribution is 0.227. The first kappa shape index (κ1) is 10.6. The lowest BCUT2D eigenvalue weighted by Gasteiger charge is -2.26. The van der Waals surface area contributed by atoms with E-state index in [9.17, 15) is 0 Å². The summed E-state index contributed by atoms with van der Waals surface area (Å²) in [6.07, 6.45) is 0. The van der Waals surface area contributed by atoms with Gasteiger partial charge in [0.1, 0.15) is 5.52 Å². The molecule has 1 aromatic heterocycles. The maximum Gasteiger partial charge on any atom is 0.165 e. The molecule has 0 aliphatic carbocycles. The van der Waals surface area contributed by atoms with Gasteiger partial charge in [0.15, 0.2) is 5.82 Å². The average Bonchev–Trinajstić information content (AvgIpc) is 2.40. The highest BCUT2D eigenvalue weighted by Gasteiger charge is 2.11. The predicted molar refractivity (Wildman–Crippen MR) is 65.5 cm³/mol. The maximum absolute atomic E-state index is 4.53. The van der Waals surface area contributed by atoms with E-state index in [1.807, 2.05) is 24.3 Å². The Morgan fingerprint density at radius 1 is 1.06 bits per heavy atom. The van der Waals surface area contributed by atoms with Gasteiger partial charge in [-0.15, -0.1) is 10.2 Å². The Balaban J connectivity index is 1.80. The highest BCUT2D eigenvalue weighted by atomic mass is 15.2. The monoisotopic (exact) mass is 229 g/mol. The number of nitrogens with one attached hydrogen (secondary N) is 1. The molecular weight excluding hydrogens is 214 g/mol. The summed E-state index contributed by atoms with van der Waals surface area (Å²) in [7, 11) is 0. The van der Waals surface area contributed by atoms with Crippen LogP contribution in [0.5, 0.6) is 0 Å². The highest BCUT2D eigenvalue weighted by Crippen LogP contribution is 2.08. The summed E-state index contributed by atoms with van der Waals surface area (Å²) in [5.74, 6) is 0.811. The van der Waals surface area contributed by atoms with Crippen LogP contribution in [-0.2, 0) is 6.54 Å². The van der Waals surface area contributed by atoms with E-state index < -0.39 is 0 Å². The van der Waals surface area contributed by atoms with Crippen molar-refractivity contribution in [3.05, 3.63) is 30.1 Å². The van der Waals surface area contributed by atoms with Crippen molar-refractivity contribution in [1.29, 1.82) is 0 Å². The normalized spacial score (nSPS) is 17.4. The molecule has 0 amide bonds. The molecule has 1 aromatic carbocycles. The van der Waals surface area contributed by atoms with Crippen LogP contribution in [0.2, 0.25) is 0 Å². The van der Waals surface area contributed by atoms with Crippen molar-refractivity contribution in [1.82, 2.24) is 25.4 Å². The number of hydrogen-bond acceptors (Lipinski definition) is 5. The zero-order valence-electron chi connectivity index (χ0n) is 9.63. The molecule has 0 saturated carbocycles. The third-order valence-electron chi connectivity index (χ3n) is 2.98. The second kappa shape index (κ2) is 4.73. The van der Waals surface area contributed by atoms with E-state index in [-0.39, 0.29) is 0 Å². The quantitative estimate of drug-likeness (QED) is 0.809. The molecule has 1 N–H and O–H groups in total. The molecule has 0 unspecified atom stereocenters. The van der Waals surface area contributed by atoms with Gasteiger partial charge in [0, 0.05) is 26.2 Å². The van der Waals surface area contributed by atoms with Gasteiger partial charge in [-0.1, -0.05) is 12.1 Å². The summed E-state index contributed by atoms with van der Waals surface area (Å²) in [4.78, 5) is 6.88. The minimum atomic E-state index is 0.791. The van der Waals surface area contributed by atoms with E-state index in [1.165, 1.54) is 0 Å². The van der Waals surface area contributed by atoms with E-state index in [0.717, 1.165) is 49.6 Å². The molecule has 5 nitrogen and oxygen atoms in total. The lowest BCUT2D eigenvalue weighted by atomic mass is 10.3. The van der Waals surface area contributed by atoms with Crippen LogP contribution in [0.15, 0.2) is 24.3 Å². The Bertz CT molecular complexity index is 507. The molecule has 1 fully saturated rings. The van der Waals surface area contributed by atoms with Gasteiger partial charge in [-0.3, -0.25) is 4.90 Å². The highest BCUT2D eigenvalue weighted by molar-refractivity contribution is 5.72. The molecule has 5 heteroatoms. The van der Waals surface area contributed by atoms with Crippen molar-refractivity contribution in [2.45, 2.75) is 6.54 Å². The van der Waals surface area contributed by atoms with Crippen LogP contribution in [0.4, 0.5) is 0 Å². The van der Waals surface area contributed by atoms with Crippen LogP contribution >= 0.6 is 0 Å². The zero-order chi connectivity index (χ0) is 11.5. The van der Waals surface area contributed by atoms with Crippen molar-refractivity contribution in [2.75, 3.05) is 26.2 Å². The van der Waals surface area contributed by atoms with Gasteiger partial charge in [-0.25, -0.2) is 4.98 Å². The van der Waals surface area contributed by atoms with Crippen LogP contribution in [0, 0.1) is 0 Å². The first-order valence-electron chi connectivity index (χ1n) is 5.93. The molecule has 0 radical (unpaired) electrons. The van der Waals surface area contributed by atoms with Crippen LogP contribution < -0.4 is 5.32 Å². The number of aromatic nitrogens is 3. The number of rotatable bonds is 2. The summed E-state index contributed by atoms with van der Waals surface area (Å²) < 4.78 is 0. The van der Waals surface area contributed by atoms with E-state index >= 15 is 0 Å². The third-order valence-corrected chi connectivity index (χ3v) is 2.98. The largest absolute Gasteiger partial charge is 0.314 e. The Labute approximate surface area is 99.9 Å². The van der Waals surface area contributed by atoms with Crippen LogP contribution in [0.1, 0.15) is 5.82 Å². The fourth-order valence-corrected chi connectivity index (χ4v) is 2.05. The van der Waals surface area contributed by atoms with E-state index in [4.69, 9.17) is 0 Å². The summed E-state index contributed by atoms with van der Waals surface area (Å²) in [5.41, 5.74) is 1.78. The number of fused-ring (bicyclic) bond motifs is 1. The first-order chi connectivity index (χ1) is 8.42. The number of benzene rings is 1. The standard InChI is InChI=1S/C12H15N5/c1-2-4-11-10(3-1)14-12(16-15-11)9-17-7-5-13-6-8-17/h1-4,13H,5-9H2. The van der Waals surface area contributed by atoms with Crippen LogP contribution in [0.3, 0.4) is 0 Å². The molecule has 1 aliphatic heterocycles. The fourth-order valence-electron chi connectivity index (χ4n) is 2.05. The lowest BCUT2D eigenvalue weighted by Crippen LogP contribution is -2.43. The second-order valence-electron chi connectivity index (χ2n) is 4.24. The molecule has 17 heavy (non-hydrogen) atoms. The number of hydrogen-bond donors (Lipinski definition) is 1. The third kappa shape index (κ3) is 2.40. The van der Waals surface area contributed by atoms with Gasteiger partial charge in [0.25, 0.3) is 0 Å². The van der Waals surface area contributed by atoms with Crippen LogP contribution in [-0.4, -0.2) is 46.3 Å². The Hall–Kier alpha value is -1.59. The fraction of sp³-hybridized carbons (Fsp3) is 0.417. The number of nitrogens with zero attached hydrogens (tertiary/aromatic N) is 4. The average molecular weight is 229 g/mol. The Morgan fingerprint density at radius 3 is 2.65 bits per heavy atom. The van der Waals surface area contributed by atoms with E-state index in [1.54, 1.807) is 0 Å². The van der Waals surface area contributed by atoms with Gasteiger partial charge in [-0.2, -0.15) is 0 Å². The Kier molecular flexibility index (Phi) is 2.94. The molecule has 2 heterocycles. The summed E-state index contributed by atoms with van der Waals surface area (Å²) in [6, 6.07) is 7.84. The molecule has 3 rings (SSSR count). The van der Waals surface area contributed by atoms with E-state index in [0.29, 0.717) is 0 Å². The predicted octanol–water partition coefficient (Wildman–Crippen LogP) is 0.430. The molecule has 1 saturated heterocycles. The van der Waals surface area contributed by atoms with Crippen LogP contribution in [0.25, 0.3) is 11.0 Å². The van der Waals surface area contributed by atoms with Gasteiger partial charge >= 0.3 is 0 Å². The van der Waals surface area contributed by atoms with Crippen molar-refractivity contribution in [3.8, 4) is 0 Å². The number of piperazine rings is 1. The van der Waals surface area contributed by atoms with Crippen molar-refractivity contribution < 1.29 is 0 Å². The van der Waals surface area contributed by atoms with Gasteiger partial charge < -0.3 is 5.32 Å². The smallest absolute Gasteiger partial charge is 0.165 e. The van der Waals surface area contributed by atoms with Crippen molar-refractivity contribution in [3.63, 3.8) is 0 Å². The van der Waals surface area contributed by atoms with Crippen molar-refractivity contribution in [2.24, 2.45) is 0 Å². The zero-order valence-corrected chi connectivity index (χ0v) is 9.63. The molecule has 0 bridgehead atoms. The summed E-state index contributed by atoms with van der Waals surface area (Å²) in [5, 5.41) is 11.7. The summed E-state index contributed by atoms with van der Waals surface area (Å²) in [6.45, 7) is 4.98. The van der Waals surface area contributed by atoms with Gasteiger partial charge in [0.05, 0.1) is 12.1 Å². The SMILES string of the molecule is c1ccc2nc(CN3CCNCC3)nnc2c1. The number of para-hydroxylation sites is 1. The van der Waals surface area contributed by atoms with Gasteiger partial charge in [0.2, 0.25) is 0 Å². The molecule has 0 spiro atoms. The summed E-state index contributed by atoms with van der Waals surface area (Å²) >= 11 is 0. The molecule has 2 aromatic rings. The Morgan fingerprint density at radius 2 is 1.82 bits per heavy atom. The topological polar surface area (TPSA) is 53.9 Å². The maximum atomic E-state index is 4.53. The molecule has 0 atom stereocenters. The molecule has 1 aliphatic rings.